The highest BCUT2D eigenvalue weighted by Crippen LogP contribution is 2.24. The highest BCUT2D eigenvalue weighted by molar-refractivity contribution is 5.98. The maximum atomic E-state index is 13.1. The second-order valence-corrected chi connectivity index (χ2v) is 7.46. The molecule has 0 unspecified atom stereocenters. The SMILES string of the molecule is COc1cccc(NC(=O)[C@H](OC(=O)c2ccc(OCc3noc(C)n3)cc2)c2ccccc2)c1. The number of esters is 1. The lowest BCUT2D eigenvalue weighted by Crippen LogP contribution is -2.26. The molecule has 3 aromatic carbocycles. The summed E-state index contributed by atoms with van der Waals surface area (Å²) in [4.78, 5) is 30.0. The van der Waals surface area contributed by atoms with Gasteiger partial charge < -0.3 is 24.1 Å². The number of nitrogens with zero attached hydrogens (tertiary/aromatic N) is 2. The van der Waals surface area contributed by atoms with E-state index in [1.807, 2.05) is 6.07 Å². The zero-order valence-corrected chi connectivity index (χ0v) is 19.1. The van der Waals surface area contributed by atoms with Crippen LogP contribution in [-0.2, 0) is 16.1 Å². The Bertz CT molecular complexity index is 1290. The first kappa shape index (κ1) is 23.5. The monoisotopic (exact) mass is 473 g/mol. The molecule has 1 N–H and O–H groups in total. The van der Waals surface area contributed by atoms with Gasteiger partial charge in [0.2, 0.25) is 17.8 Å². The number of rotatable bonds is 9. The summed E-state index contributed by atoms with van der Waals surface area (Å²) >= 11 is 0. The van der Waals surface area contributed by atoms with Gasteiger partial charge in [0.15, 0.2) is 6.61 Å². The van der Waals surface area contributed by atoms with Crippen molar-refractivity contribution in [3.8, 4) is 11.5 Å². The van der Waals surface area contributed by atoms with Crippen molar-refractivity contribution in [2.24, 2.45) is 0 Å². The van der Waals surface area contributed by atoms with E-state index in [9.17, 15) is 9.59 Å². The van der Waals surface area contributed by atoms with Crippen molar-refractivity contribution >= 4 is 17.6 Å². The molecule has 9 heteroatoms. The molecule has 1 aromatic heterocycles. The maximum Gasteiger partial charge on any atom is 0.339 e. The highest BCUT2D eigenvalue weighted by Gasteiger charge is 2.26. The molecule has 178 valence electrons. The van der Waals surface area contributed by atoms with Gasteiger partial charge in [0.1, 0.15) is 11.5 Å². The summed E-state index contributed by atoms with van der Waals surface area (Å²) in [6.07, 6.45) is -1.16. The van der Waals surface area contributed by atoms with Gasteiger partial charge in [-0.3, -0.25) is 4.79 Å². The minimum absolute atomic E-state index is 0.127. The average molecular weight is 473 g/mol. The Hall–Kier alpha value is -4.66. The van der Waals surface area contributed by atoms with Crippen LogP contribution in [-0.4, -0.2) is 29.1 Å². The van der Waals surface area contributed by atoms with Gasteiger partial charge in [0, 0.05) is 24.2 Å². The van der Waals surface area contributed by atoms with Crippen LogP contribution in [0, 0.1) is 6.92 Å². The predicted molar refractivity (Wildman–Crippen MR) is 126 cm³/mol. The van der Waals surface area contributed by atoms with Gasteiger partial charge >= 0.3 is 5.97 Å². The number of carbonyl (C=O) groups is 2. The van der Waals surface area contributed by atoms with Crippen molar-refractivity contribution in [2.75, 3.05) is 12.4 Å². The molecule has 0 spiro atoms. The molecule has 35 heavy (non-hydrogen) atoms. The van der Waals surface area contributed by atoms with Gasteiger partial charge in [-0.25, -0.2) is 4.79 Å². The lowest BCUT2D eigenvalue weighted by atomic mass is 10.1. The Kier molecular flexibility index (Phi) is 7.37. The number of hydrogen-bond donors (Lipinski definition) is 1. The van der Waals surface area contributed by atoms with Crippen molar-refractivity contribution < 1.29 is 28.3 Å². The summed E-state index contributed by atoms with van der Waals surface area (Å²) in [5.41, 5.74) is 1.32. The summed E-state index contributed by atoms with van der Waals surface area (Å²) in [5, 5.41) is 6.54. The number of aromatic nitrogens is 2. The summed E-state index contributed by atoms with van der Waals surface area (Å²) in [6.45, 7) is 1.82. The van der Waals surface area contributed by atoms with Crippen LogP contribution in [0.15, 0.2) is 83.4 Å². The van der Waals surface area contributed by atoms with E-state index in [4.69, 9.17) is 18.7 Å². The third-order valence-corrected chi connectivity index (χ3v) is 4.93. The smallest absolute Gasteiger partial charge is 0.339 e. The first-order valence-electron chi connectivity index (χ1n) is 10.7. The number of carbonyl (C=O) groups excluding carboxylic acids is 2. The van der Waals surface area contributed by atoms with Crippen LogP contribution in [0.1, 0.15) is 33.7 Å². The zero-order chi connectivity index (χ0) is 24.6. The van der Waals surface area contributed by atoms with Crippen LogP contribution in [0.4, 0.5) is 5.69 Å². The van der Waals surface area contributed by atoms with Gasteiger partial charge in [0.05, 0.1) is 12.7 Å². The van der Waals surface area contributed by atoms with Crippen LogP contribution >= 0.6 is 0 Å². The van der Waals surface area contributed by atoms with E-state index in [2.05, 4.69) is 15.5 Å². The first-order valence-corrected chi connectivity index (χ1v) is 10.7. The molecule has 9 nitrogen and oxygen atoms in total. The largest absolute Gasteiger partial charge is 0.497 e. The predicted octanol–water partition coefficient (Wildman–Crippen LogP) is 4.50. The topological polar surface area (TPSA) is 113 Å². The summed E-state index contributed by atoms with van der Waals surface area (Å²) in [5.74, 6) is 0.823. The highest BCUT2D eigenvalue weighted by atomic mass is 16.5. The van der Waals surface area contributed by atoms with E-state index in [-0.39, 0.29) is 12.2 Å². The van der Waals surface area contributed by atoms with Crippen molar-refractivity contribution in [3.63, 3.8) is 0 Å². The van der Waals surface area contributed by atoms with E-state index in [0.29, 0.717) is 34.5 Å². The average Bonchev–Trinajstić information content (AvgIpc) is 3.31. The van der Waals surface area contributed by atoms with Gasteiger partial charge in [-0.2, -0.15) is 4.98 Å². The molecule has 1 atom stereocenters. The number of benzene rings is 3. The van der Waals surface area contributed by atoms with Crippen LogP contribution in [0.3, 0.4) is 0 Å². The fraction of sp³-hybridized carbons (Fsp3) is 0.154. The van der Waals surface area contributed by atoms with Gasteiger partial charge in [-0.05, 0) is 36.4 Å². The molecule has 0 aliphatic rings. The molecule has 1 amide bonds. The van der Waals surface area contributed by atoms with Gasteiger partial charge in [-0.1, -0.05) is 41.6 Å². The Morgan fingerprint density at radius 2 is 1.74 bits per heavy atom. The van der Waals surface area contributed by atoms with Crippen LogP contribution in [0.5, 0.6) is 11.5 Å². The number of nitrogens with one attached hydrogen (secondary N) is 1. The minimum atomic E-state index is -1.16. The third kappa shape index (κ3) is 6.23. The lowest BCUT2D eigenvalue weighted by molar-refractivity contribution is -0.125. The Balaban J connectivity index is 1.45. The number of anilines is 1. The third-order valence-electron chi connectivity index (χ3n) is 4.93. The molecule has 0 radical (unpaired) electrons. The zero-order valence-electron chi connectivity index (χ0n) is 19.1. The number of methoxy groups -OCH3 is 1. The van der Waals surface area contributed by atoms with Gasteiger partial charge in [0.25, 0.3) is 5.91 Å². The van der Waals surface area contributed by atoms with Gasteiger partial charge in [-0.15, -0.1) is 0 Å². The summed E-state index contributed by atoms with van der Waals surface area (Å²) < 4.78 is 21.3. The minimum Gasteiger partial charge on any atom is -0.497 e. The molecule has 0 saturated heterocycles. The lowest BCUT2D eigenvalue weighted by Gasteiger charge is -2.18. The normalized spacial score (nSPS) is 11.4. The van der Waals surface area contributed by atoms with E-state index in [1.165, 1.54) is 7.11 Å². The molecular formula is C26H23N3O6. The molecule has 0 bridgehead atoms. The fourth-order valence-electron chi connectivity index (χ4n) is 3.22. The molecule has 0 saturated carbocycles. The molecule has 4 rings (SSSR count). The van der Waals surface area contributed by atoms with Crippen molar-refractivity contribution in [2.45, 2.75) is 19.6 Å². The molecule has 0 aliphatic carbocycles. The van der Waals surface area contributed by atoms with E-state index in [0.717, 1.165) is 0 Å². The number of hydrogen-bond acceptors (Lipinski definition) is 8. The molecule has 1 heterocycles. The standard InChI is InChI=1S/C26H23N3O6/c1-17-27-23(29-35-17)16-33-21-13-11-19(12-14-21)26(31)34-24(18-7-4-3-5-8-18)25(30)28-20-9-6-10-22(15-20)32-2/h3-15,24H,16H2,1-2H3,(H,28,30)/t24-/m1/s1. The quantitative estimate of drug-likeness (QED) is 0.354. The Labute approximate surface area is 201 Å². The fourth-order valence-corrected chi connectivity index (χ4v) is 3.22. The second kappa shape index (κ2) is 11.0. The number of amides is 1. The molecule has 0 aliphatic heterocycles. The van der Waals surface area contributed by atoms with Crippen molar-refractivity contribution in [1.29, 1.82) is 0 Å². The van der Waals surface area contributed by atoms with Crippen molar-refractivity contribution in [3.05, 3.63) is 102 Å². The Morgan fingerprint density at radius 1 is 0.971 bits per heavy atom. The van der Waals surface area contributed by atoms with E-state index < -0.39 is 18.0 Å². The molecular weight excluding hydrogens is 450 g/mol. The van der Waals surface area contributed by atoms with Crippen molar-refractivity contribution in [1.82, 2.24) is 10.1 Å². The Morgan fingerprint density at radius 3 is 2.43 bits per heavy atom. The summed E-state index contributed by atoms with van der Waals surface area (Å²) in [7, 11) is 1.54. The van der Waals surface area contributed by atoms with Crippen LogP contribution < -0.4 is 14.8 Å². The van der Waals surface area contributed by atoms with Crippen LogP contribution in [0.2, 0.25) is 0 Å². The van der Waals surface area contributed by atoms with Crippen LogP contribution in [0.25, 0.3) is 0 Å². The second-order valence-electron chi connectivity index (χ2n) is 7.46. The molecule has 4 aromatic rings. The van der Waals surface area contributed by atoms with E-state index >= 15 is 0 Å². The number of ether oxygens (including phenoxy) is 3. The number of aryl methyl sites for hydroxylation is 1. The molecule has 0 fully saturated rings. The summed E-state index contributed by atoms with van der Waals surface area (Å²) in [6, 6.07) is 22.1. The van der Waals surface area contributed by atoms with E-state index in [1.54, 1.807) is 79.7 Å². The maximum absolute atomic E-state index is 13.1. The first-order chi connectivity index (χ1) is 17.0.